The van der Waals surface area contributed by atoms with Crippen molar-refractivity contribution >= 4 is 17.8 Å². The lowest BCUT2D eigenvalue weighted by Gasteiger charge is -2.27. The van der Waals surface area contributed by atoms with Gasteiger partial charge in [0.1, 0.15) is 18.3 Å². The minimum atomic E-state index is -1.09. The number of benzene rings is 2. The summed E-state index contributed by atoms with van der Waals surface area (Å²) in [7, 11) is 0. The molecule has 2 aliphatic heterocycles. The highest BCUT2D eigenvalue weighted by atomic mass is 16.7. The Morgan fingerprint density at radius 3 is 2.65 bits per heavy atom. The zero-order chi connectivity index (χ0) is 24.0. The number of Topliss-reactive ketones (excluding diaryl/α,β-unsaturated/α-hetero) is 1. The fourth-order valence-corrected chi connectivity index (χ4v) is 4.89. The molecule has 2 aromatic rings. The molecule has 0 bridgehead atoms. The largest absolute Gasteiger partial charge is 0.494 e. The number of ketones is 1. The van der Waals surface area contributed by atoms with E-state index in [1.165, 1.54) is 0 Å². The summed E-state index contributed by atoms with van der Waals surface area (Å²) in [5, 5.41) is 0. The van der Waals surface area contributed by atoms with Crippen LogP contribution < -0.4 is 14.2 Å². The van der Waals surface area contributed by atoms with Crippen LogP contribution in [-0.2, 0) is 9.53 Å². The van der Waals surface area contributed by atoms with Gasteiger partial charge >= 0.3 is 6.09 Å². The number of rotatable bonds is 6. The van der Waals surface area contributed by atoms with Crippen molar-refractivity contribution in [3.8, 4) is 17.2 Å². The van der Waals surface area contributed by atoms with Crippen molar-refractivity contribution in [1.82, 2.24) is 4.90 Å². The second-order valence-corrected chi connectivity index (χ2v) is 9.13. The summed E-state index contributed by atoms with van der Waals surface area (Å²) in [6, 6.07) is 10.4. The SMILES string of the molecule is CCCOc1ccc2c(c1)C(=O)[C@H](C(=O)N1C(=O)OC[C@@H]1C(C)C)[C@H]2c1ccc2c(c1)OCO2. The molecule has 0 saturated carbocycles. The first kappa shape index (κ1) is 22.3. The van der Waals surface area contributed by atoms with Gasteiger partial charge in [-0.15, -0.1) is 0 Å². The van der Waals surface area contributed by atoms with Gasteiger partial charge in [0.15, 0.2) is 17.3 Å². The maximum absolute atomic E-state index is 13.8. The van der Waals surface area contributed by atoms with Gasteiger partial charge in [-0.25, -0.2) is 9.69 Å². The topological polar surface area (TPSA) is 91.4 Å². The molecule has 0 spiro atoms. The molecule has 8 heteroatoms. The van der Waals surface area contributed by atoms with Crippen LogP contribution in [0.25, 0.3) is 0 Å². The Labute approximate surface area is 197 Å². The van der Waals surface area contributed by atoms with Crippen LogP contribution in [0.2, 0.25) is 0 Å². The molecule has 2 amide bonds. The zero-order valence-corrected chi connectivity index (χ0v) is 19.4. The molecule has 178 valence electrons. The minimum absolute atomic E-state index is 0.00711. The average molecular weight is 466 g/mol. The highest BCUT2D eigenvalue weighted by molar-refractivity contribution is 6.17. The van der Waals surface area contributed by atoms with E-state index >= 15 is 0 Å². The van der Waals surface area contributed by atoms with E-state index in [1.807, 2.05) is 39.0 Å². The van der Waals surface area contributed by atoms with Crippen LogP contribution in [0, 0.1) is 11.8 Å². The van der Waals surface area contributed by atoms with Gasteiger partial charge in [0.2, 0.25) is 12.7 Å². The Hall–Kier alpha value is -3.55. The fraction of sp³-hybridized carbons (Fsp3) is 0.423. The van der Waals surface area contributed by atoms with Crippen molar-refractivity contribution in [2.24, 2.45) is 11.8 Å². The van der Waals surface area contributed by atoms with Crippen LogP contribution in [0.15, 0.2) is 36.4 Å². The van der Waals surface area contributed by atoms with Crippen LogP contribution in [0.3, 0.4) is 0 Å². The van der Waals surface area contributed by atoms with Gasteiger partial charge in [0.05, 0.1) is 12.6 Å². The van der Waals surface area contributed by atoms with Gasteiger partial charge in [-0.2, -0.15) is 0 Å². The molecule has 0 N–H and O–H groups in total. The van der Waals surface area contributed by atoms with E-state index in [-0.39, 0.29) is 25.1 Å². The Morgan fingerprint density at radius 2 is 1.88 bits per heavy atom. The molecule has 0 aromatic heterocycles. The molecule has 2 heterocycles. The average Bonchev–Trinajstić information content (AvgIpc) is 3.52. The van der Waals surface area contributed by atoms with E-state index in [0.29, 0.717) is 29.4 Å². The number of hydrogen-bond acceptors (Lipinski definition) is 7. The zero-order valence-electron chi connectivity index (χ0n) is 19.4. The van der Waals surface area contributed by atoms with Gasteiger partial charge < -0.3 is 18.9 Å². The molecule has 34 heavy (non-hydrogen) atoms. The normalized spacial score (nSPS) is 22.8. The lowest BCUT2D eigenvalue weighted by molar-refractivity contribution is -0.132. The summed E-state index contributed by atoms with van der Waals surface area (Å²) in [5.74, 6) is -0.794. The molecule has 8 nitrogen and oxygen atoms in total. The highest BCUT2D eigenvalue weighted by Gasteiger charge is 2.51. The van der Waals surface area contributed by atoms with Crippen molar-refractivity contribution < 1.29 is 33.3 Å². The molecule has 0 unspecified atom stereocenters. The highest BCUT2D eigenvalue weighted by Crippen LogP contribution is 2.47. The number of amides is 2. The quantitative estimate of drug-likeness (QED) is 0.592. The van der Waals surface area contributed by atoms with Crippen molar-refractivity contribution in [3.05, 3.63) is 53.1 Å². The molecule has 3 aliphatic rings. The molecule has 1 fully saturated rings. The van der Waals surface area contributed by atoms with Crippen LogP contribution in [0.4, 0.5) is 4.79 Å². The third-order valence-corrected chi connectivity index (χ3v) is 6.65. The van der Waals surface area contributed by atoms with Crippen LogP contribution in [0.5, 0.6) is 17.2 Å². The van der Waals surface area contributed by atoms with Gasteiger partial charge in [-0.05, 0) is 47.7 Å². The monoisotopic (exact) mass is 465 g/mol. The lowest BCUT2D eigenvalue weighted by Crippen LogP contribution is -2.47. The van der Waals surface area contributed by atoms with Gasteiger partial charge in [0.25, 0.3) is 0 Å². The maximum Gasteiger partial charge on any atom is 0.417 e. The second-order valence-electron chi connectivity index (χ2n) is 9.13. The number of hydrogen-bond donors (Lipinski definition) is 0. The van der Waals surface area contributed by atoms with E-state index in [0.717, 1.165) is 22.4 Å². The van der Waals surface area contributed by atoms with Crippen LogP contribution in [-0.4, -0.2) is 48.7 Å². The smallest absolute Gasteiger partial charge is 0.417 e. The predicted octanol–water partition coefficient (Wildman–Crippen LogP) is 4.15. The Bertz CT molecular complexity index is 1160. The molecule has 0 radical (unpaired) electrons. The standard InChI is InChI=1S/C26H27NO7/c1-4-9-31-16-6-7-17-18(11-16)24(28)23(25(29)27-19(14(2)3)12-32-26(27)30)22(17)15-5-8-20-21(10-15)34-13-33-20/h5-8,10-11,14,19,22-23H,4,9,12-13H2,1-3H3/t19-,22+,23-/m1/s1. The second kappa shape index (κ2) is 8.66. The molecule has 1 aliphatic carbocycles. The number of cyclic esters (lactones) is 1. The number of fused-ring (bicyclic) bond motifs is 2. The number of nitrogens with zero attached hydrogens (tertiary/aromatic N) is 1. The minimum Gasteiger partial charge on any atom is -0.494 e. The van der Waals surface area contributed by atoms with E-state index in [4.69, 9.17) is 18.9 Å². The van der Waals surface area contributed by atoms with Crippen molar-refractivity contribution in [2.75, 3.05) is 20.0 Å². The molecular formula is C26H27NO7. The molecule has 5 rings (SSSR count). The number of ether oxygens (including phenoxy) is 4. The first-order valence-electron chi connectivity index (χ1n) is 11.6. The van der Waals surface area contributed by atoms with Crippen molar-refractivity contribution in [2.45, 2.75) is 39.2 Å². The summed E-state index contributed by atoms with van der Waals surface area (Å²) < 4.78 is 21.9. The van der Waals surface area contributed by atoms with E-state index in [2.05, 4.69) is 0 Å². The van der Waals surface area contributed by atoms with E-state index < -0.39 is 29.9 Å². The predicted molar refractivity (Wildman–Crippen MR) is 121 cm³/mol. The van der Waals surface area contributed by atoms with Crippen LogP contribution >= 0.6 is 0 Å². The third-order valence-electron chi connectivity index (χ3n) is 6.65. The van der Waals surface area contributed by atoms with E-state index in [9.17, 15) is 14.4 Å². The molecule has 2 aromatic carbocycles. The summed E-state index contributed by atoms with van der Waals surface area (Å²) in [6.07, 6.45) is 0.128. The number of carbonyl (C=O) groups is 3. The first-order chi connectivity index (χ1) is 16.4. The summed E-state index contributed by atoms with van der Waals surface area (Å²) in [6.45, 7) is 6.62. The van der Waals surface area contributed by atoms with Crippen LogP contribution in [0.1, 0.15) is 54.6 Å². The Kier molecular flexibility index (Phi) is 5.67. The van der Waals surface area contributed by atoms with Crippen molar-refractivity contribution in [3.63, 3.8) is 0 Å². The maximum atomic E-state index is 13.8. The van der Waals surface area contributed by atoms with E-state index in [1.54, 1.807) is 18.2 Å². The summed E-state index contributed by atoms with van der Waals surface area (Å²) in [4.78, 5) is 41.2. The summed E-state index contributed by atoms with van der Waals surface area (Å²) in [5.41, 5.74) is 1.90. The molecular weight excluding hydrogens is 438 g/mol. The van der Waals surface area contributed by atoms with Gasteiger partial charge in [-0.3, -0.25) is 9.59 Å². The summed E-state index contributed by atoms with van der Waals surface area (Å²) >= 11 is 0. The number of imide groups is 1. The third kappa shape index (κ3) is 3.57. The fourth-order valence-electron chi connectivity index (χ4n) is 4.89. The van der Waals surface area contributed by atoms with Gasteiger partial charge in [0, 0.05) is 11.5 Å². The molecule has 1 saturated heterocycles. The lowest BCUT2D eigenvalue weighted by atomic mass is 9.84. The molecule has 3 atom stereocenters. The van der Waals surface area contributed by atoms with Crippen molar-refractivity contribution in [1.29, 1.82) is 0 Å². The number of carbonyl (C=O) groups excluding carboxylic acids is 3. The first-order valence-corrected chi connectivity index (χ1v) is 11.6. The van der Waals surface area contributed by atoms with Gasteiger partial charge in [-0.1, -0.05) is 32.9 Å². The Morgan fingerprint density at radius 1 is 1.09 bits per heavy atom. The Balaban J connectivity index is 1.59.